The van der Waals surface area contributed by atoms with Crippen LogP contribution in [0, 0.1) is 12.7 Å². The van der Waals surface area contributed by atoms with Gasteiger partial charge >= 0.3 is 0 Å². The van der Waals surface area contributed by atoms with E-state index in [1.807, 2.05) is 13.8 Å². The quantitative estimate of drug-likeness (QED) is 0.806. The SMILES string of the molecule is Cc1ccc(F)cc1CC(=O)C1(C)CCCO1. The van der Waals surface area contributed by atoms with Gasteiger partial charge in [-0.05, 0) is 49.9 Å². The van der Waals surface area contributed by atoms with E-state index in [1.54, 1.807) is 6.07 Å². The topological polar surface area (TPSA) is 26.3 Å². The molecular weight excluding hydrogens is 219 g/mol. The van der Waals surface area contributed by atoms with Crippen LogP contribution in [0.5, 0.6) is 0 Å². The average molecular weight is 236 g/mol. The number of carbonyl (C=O) groups excluding carboxylic acids is 1. The van der Waals surface area contributed by atoms with E-state index < -0.39 is 5.60 Å². The van der Waals surface area contributed by atoms with Gasteiger partial charge in [0, 0.05) is 13.0 Å². The van der Waals surface area contributed by atoms with Crippen molar-refractivity contribution in [2.45, 2.75) is 38.7 Å². The molecule has 3 heteroatoms. The Labute approximate surface area is 101 Å². The average Bonchev–Trinajstić information content (AvgIpc) is 2.72. The molecule has 2 rings (SSSR count). The first kappa shape index (κ1) is 12.2. The van der Waals surface area contributed by atoms with E-state index in [0.717, 1.165) is 24.0 Å². The van der Waals surface area contributed by atoms with E-state index in [2.05, 4.69) is 0 Å². The maximum atomic E-state index is 13.1. The second kappa shape index (κ2) is 4.57. The minimum atomic E-state index is -0.668. The van der Waals surface area contributed by atoms with Gasteiger partial charge in [0.2, 0.25) is 0 Å². The van der Waals surface area contributed by atoms with E-state index in [4.69, 9.17) is 4.74 Å². The summed E-state index contributed by atoms with van der Waals surface area (Å²) >= 11 is 0. The Hall–Kier alpha value is -1.22. The molecule has 0 amide bonds. The minimum Gasteiger partial charge on any atom is -0.367 e. The number of carbonyl (C=O) groups is 1. The van der Waals surface area contributed by atoms with Crippen molar-refractivity contribution in [2.75, 3.05) is 6.61 Å². The maximum absolute atomic E-state index is 13.1. The number of Topliss-reactive ketones (excluding diaryl/α,β-unsaturated/α-hetero) is 1. The van der Waals surface area contributed by atoms with Crippen molar-refractivity contribution < 1.29 is 13.9 Å². The predicted molar refractivity (Wildman–Crippen MR) is 63.4 cm³/mol. The highest BCUT2D eigenvalue weighted by Gasteiger charge is 2.37. The zero-order valence-corrected chi connectivity index (χ0v) is 10.3. The summed E-state index contributed by atoms with van der Waals surface area (Å²) in [4.78, 5) is 12.2. The van der Waals surface area contributed by atoms with Crippen LogP contribution in [0.4, 0.5) is 4.39 Å². The Morgan fingerprint density at radius 2 is 2.29 bits per heavy atom. The summed E-state index contributed by atoms with van der Waals surface area (Å²) in [5, 5.41) is 0. The second-order valence-corrected chi connectivity index (χ2v) is 4.85. The van der Waals surface area contributed by atoms with Gasteiger partial charge in [-0.3, -0.25) is 4.79 Å². The van der Waals surface area contributed by atoms with Gasteiger partial charge in [0.25, 0.3) is 0 Å². The standard InChI is InChI=1S/C14H17FO2/c1-10-4-5-12(15)8-11(10)9-13(16)14(2)6-3-7-17-14/h4-5,8H,3,6-7,9H2,1-2H3. The smallest absolute Gasteiger partial charge is 0.168 e. The molecule has 2 nitrogen and oxygen atoms in total. The molecule has 1 aromatic rings. The molecule has 92 valence electrons. The molecule has 0 saturated carbocycles. The molecule has 1 fully saturated rings. The first-order valence-corrected chi connectivity index (χ1v) is 5.93. The van der Waals surface area contributed by atoms with Crippen LogP contribution in [0.1, 0.15) is 30.9 Å². The lowest BCUT2D eigenvalue weighted by molar-refractivity contribution is -0.136. The molecule has 1 saturated heterocycles. The van der Waals surface area contributed by atoms with Gasteiger partial charge in [-0.1, -0.05) is 6.07 Å². The molecule has 1 heterocycles. The molecule has 1 unspecified atom stereocenters. The van der Waals surface area contributed by atoms with Crippen molar-refractivity contribution >= 4 is 5.78 Å². The molecule has 1 aliphatic heterocycles. The number of benzene rings is 1. The molecule has 0 bridgehead atoms. The van der Waals surface area contributed by atoms with Gasteiger partial charge in [0.15, 0.2) is 5.78 Å². The van der Waals surface area contributed by atoms with Crippen LogP contribution >= 0.6 is 0 Å². The normalized spacial score (nSPS) is 23.9. The molecule has 1 aliphatic rings. The predicted octanol–water partition coefficient (Wildman–Crippen LogP) is 2.81. The first-order chi connectivity index (χ1) is 8.01. The minimum absolute atomic E-state index is 0.0451. The number of hydrogen-bond acceptors (Lipinski definition) is 2. The summed E-state index contributed by atoms with van der Waals surface area (Å²) < 4.78 is 18.6. The van der Waals surface area contributed by atoms with Crippen LogP contribution in [-0.4, -0.2) is 18.0 Å². The van der Waals surface area contributed by atoms with E-state index in [-0.39, 0.29) is 18.0 Å². The molecule has 1 atom stereocenters. The second-order valence-electron chi connectivity index (χ2n) is 4.85. The Morgan fingerprint density at radius 1 is 1.53 bits per heavy atom. The number of hydrogen-bond donors (Lipinski definition) is 0. The van der Waals surface area contributed by atoms with Crippen LogP contribution in [0.15, 0.2) is 18.2 Å². The lowest BCUT2D eigenvalue weighted by Crippen LogP contribution is -2.35. The van der Waals surface area contributed by atoms with Crippen LogP contribution in [-0.2, 0) is 16.0 Å². The van der Waals surface area contributed by atoms with Crippen molar-refractivity contribution in [2.24, 2.45) is 0 Å². The number of ether oxygens (including phenoxy) is 1. The molecule has 1 aromatic carbocycles. The molecule has 0 radical (unpaired) electrons. The summed E-state index contributed by atoms with van der Waals surface area (Å²) in [5.74, 6) is -0.250. The van der Waals surface area contributed by atoms with Gasteiger partial charge in [0.1, 0.15) is 11.4 Å². The Kier molecular flexibility index (Phi) is 3.29. The van der Waals surface area contributed by atoms with Crippen molar-refractivity contribution in [1.82, 2.24) is 0 Å². The number of rotatable bonds is 3. The highest BCUT2D eigenvalue weighted by atomic mass is 19.1. The fraction of sp³-hybridized carbons (Fsp3) is 0.500. The van der Waals surface area contributed by atoms with E-state index >= 15 is 0 Å². The molecule has 0 spiro atoms. The van der Waals surface area contributed by atoms with Crippen molar-refractivity contribution in [1.29, 1.82) is 0 Å². The van der Waals surface area contributed by atoms with Gasteiger partial charge in [0.05, 0.1) is 0 Å². The van der Waals surface area contributed by atoms with Gasteiger partial charge < -0.3 is 4.74 Å². The summed E-state index contributed by atoms with van der Waals surface area (Å²) in [5.41, 5.74) is 1.03. The summed E-state index contributed by atoms with van der Waals surface area (Å²) in [6, 6.07) is 4.55. The molecule has 0 aliphatic carbocycles. The zero-order valence-electron chi connectivity index (χ0n) is 10.3. The lowest BCUT2D eigenvalue weighted by atomic mass is 9.91. The summed E-state index contributed by atoms with van der Waals surface area (Å²) in [6.45, 7) is 4.36. The summed E-state index contributed by atoms with van der Waals surface area (Å²) in [7, 11) is 0. The van der Waals surface area contributed by atoms with Gasteiger partial charge in [-0.15, -0.1) is 0 Å². The van der Waals surface area contributed by atoms with E-state index in [1.165, 1.54) is 12.1 Å². The Bertz CT molecular complexity index is 434. The first-order valence-electron chi connectivity index (χ1n) is 5.93. The lowest BCUT2D eigenvalue weighted by Gasteiger charge is -2.21. The zero-order chi connectivity index (χ0) is 12.5. The largest absolute Gasteiger partial charge is 0.367 e. The van der Waals surface area contributed by atoms with Crippen LogP contribution in [0.2, 0.25) is 0 Å². The Balaban J connectivity index is 2.15. The fourth-order valence-electron chi connectivity index (χ4n) is 2.19. The third-order valence-corrected chi connectivity index (χ3v) is 3.47. The van der Waals surface area contributed by atoms with E-state index in [0.29, 0.717) is 6.61 Å². The molecule has 0 aromatic heterocycles. The van der Waals surface area contributed by atoms with Crippen molar-refractivity contribution in [3.05, 3.63) is 35.1 Å². The third kappa shape index (κ3) is 2.55. The number of ketones is 1. The van der Waals surface area contributed by atoms with Crippen LogP contribution in [0.3, 0.4) is 0 Å². The molecule has 17 heavy (non-hydrogen) atoms. The molecule has 0 N–H and O–H groups in total. The van der Waals surface area contributed by atoms with Crippen molar-refractivity contribution in [3.63, 3.8) is 0 Å². The fourth-order valence-corrected chi connectivity index (χ4v) is 2.19. The van der Waals surface area contributed by atoms with Gasteiger partial charge in [-0.25, -0.2) is 4.39 Å². The van der Waals surface area contributed by atoms with E-state index in [9.17, 15) is 9.18 Å². The highest BCUT2D eigenvalue weighted by Crippen LogP contribution is 2.27. The van der Waals surface area contributed by atoms with Crippen molar-refractivity contribution in [3.8, 4) is 0 Å². The van der Waals surface area contributed by atoms with Crippen LogP contribution < -0.4 is 0 Å². The maximum Gasteiger partial charge on any atom is 0.168 e. The summed E-state index contributed by atoms with van der Waals surface area (Å²) in [6.07, 6.45) is 1.94. The monoisotopic (exact) mass is 236 g/mol. The third-order valence-electron chi connectivity index (χ3n) is 3.47. The molecular formula is C14H17FO2. The van der Waals surface area contributed by atoms with Crippen LogP contribution in [0.25, 0.3) is 0 Å². The van der Waals surface area contributed by atoms with Gasteiger partial charge in [-0.2, -0.15) is 0 Å². The Morgan fingerprint density at radius 3 is 2.94 bits per heavy atom. The highest BCUT2D eigenvalue weighted by molar-refractivity contribution is 5.89. The number of halogens is 1. The number of aryl methyl sites for hydroxylation is 1.